The minimum absolute atomic E-state index is 0.101. The van der Waals surface area contributed by atoms with Crippen LogP contribution in [0.5, 0.6) is 0 Å². The number of rotatable bonds is 6. The first-order chi connectivity index (χ1) is 9.85. The Morgan fingerprint density at radius 3 is 2.48 bits per heavy atom. The van der Waals surface area contributed by atoms with E-state index in [2.05, 4.69) is 10.6 Å². The lowest BCUT2D eigenvalue weighted by atomic mass is 10.1. The van der Waals surface area contributed by atoms with E-state index in [1.807, 2.05) is 52.1 Å². The number of carbonyl (C=O) groups is 2. The molecule has 0 aliphatic carbocycles. The number of nitrogens with zero attached hydrogens (tertiary/aromatic N) is 1. The molecule has 6 heteroatoms. The van der Waals surface area contributed by atoms with Gasteiger partial charge < -0.3 is 21.3 Å². The Hall–Kier alpha value is -2.08. The maximum Gasteiger partial charge on any atom is 0.322 e. The molecule has 0 fully saturated rings. The molecule has 1 rings (SSSR count). The van der Waals surface area contributed by atoms with Gasteiger partial charge in [-0.25, -0.2) is 4.79 Å². The Kier molecular flexibility index (Phi) is 6.17. The zero-order valence-corrected chi connectivity index (χ0v) is 13.0. The van der Waals surface area contributed by atoms with Crippen LogP contribution < -0.4 is 16.4 Å². The summed E-state index contributed by atoms with van der Waals surface area (Å²) < 4.78 is 0. The smallest absolute Gasteiger partial charge is 0.322 e. The molecule has 4 N–H and O–H groups in total. The molecule has 0 spiro atoms. The summed E-state index contributed by atoms with van der Waals surface area (Å²) in [4.78, 5) is 24.7. The largest absolute Gasteiger partial charge is 0.368 e. The highest BCUT2D eigenvalue weighted by molar-refractivity contribution is 5.92. The van der Waals surface area contributed by atoms with Gasteiger partial charge in [-0.2, -0.15) is 0 Å². The van der Waals surface area contributed by atoms with E-state index in [4.69, 9.17) is 5.73 Å². The van der Waals surface area contributed by atoms with Gasteiger partial charge in [-0.05, 0) is 45.5 Å². The van der Waals surface area contributed by atoms with Crippen LogP contribution >= 0.6 is 0 Å². The van der Waals surface area contributed by atoms with Crippen LogP contribution in [-0.2, 0) is 4.79 Å². The van der Waals surface area contributed by atoms with Gasteiger partial charge in [0.15, 0.2) is 0 Å². The molecule has 0 bridgehead atoms. The molecule has 0 aliphatic heterocycles. The van der Waals surface area contributed by atoms with Gasteiger partial charge in [0.1, 0.15) is 6.54 Å². The summed E-state index contributed by atoms with van der Waals surface area (Å²) in [5.41, 5.74) is 6.94. The topological polar surface area (TPSA) is 87.5 Å². The molecule has 1 aromatic carbocycles. The fourth-order valence-corrected chi connectivity index (χ4v) is 1.90. The Bertz CT molecular complexity index is 502. The molecule has 3 amide bonds. The van der Waals surface area contributed by atoms with Crippen molar-refractivity contribution in [3.05, 3.63) is 29.8 Å². The summed E-state index contributed by atoms with van der Waals surface area (Å²) in [6.07, 6.45) is 0. The normalized spacial score (nSPS) is 12.0. The zero-order chi connectivity index (χ0) is 16.0. The lowest BCUT2D eigenvalue weighted by molar-refractivity contribution is -0.118. The molecule has 1 atom stereocenters. The number of hydrogen-bond acceptors (Lipinski definition) is 3. The maximum atomic E-state index is 12.2. The van der Waals surface area contributed by atoms with Crippen molar-refractivity contribution in [2.45, 2.75) is 32.9 Å². The lowest BCUT2D eigenvalue weighted by Gasteiger charge is -2.25. The lowest BCUT2D eigenvalue weighted by Crippen LogP contribution is -2.44. The molecule has 6 nitrogen and oxygen atoms in total. The molecule has 21 heavy (non-hydrogen) atoms. The third-order valence-corrected chi connectivity index (χ3v) is 3.28. The van der Waals surface area contributed by atoms with E-state index in [9.17, 15) is 9.59 Å². The molecule has 116 valence electrons. The molecule has 1 aromatic rings. The minimum Gasteiger partial charge on any atom is -0.368 e. The van der Waals surface area contributed by atoms with Crippen molar-refractivity contribution in [2.75, 3.05) is 18.9 Å². The van der Waals surface area contributed by atoms with Crippen LogP contribution in [0.15, 0.2) is 24.3 Å². The predicted octanol–water partition coefficient (Wildman–Crippen LogP) is 1.69. The summed E-state index contributed by atoms with van der Waals surface area (Å²) in [5, 5.41) is 5.94. The number of benzene rings is 1. The van der Waals surface area contributed by atoms with Gasteiger partial charge in [-0.3, -0.25) is 4.79 Å². The molecule has 0 aliphatic rings. The van der Waals surface area contributed by atoms with Gasteiger partial charge in [0.05, 0.1) is 0 Å². The Morgan fingerprint density at radius 1 is 1.29 bits per heavy atom. The Labute approximate surface area is 125 Å². The van der Waals surface area contributed by atoms with Gasteiger partial charge in [0.25, 0.3) is 0 Å². The van der Waals surface area contributed by atoms with Crippen LogP contribution in [0, 0.1) is 0 Å². The van der Waals surface area contributed by atoms with Crippen LogP contribution in [0.25, 0.3) is 0 Å². The van der Waals surface area contributed by atoms with Crippen LogP contribution in [0.4, 0.5) is 10.5 Å². The zero-order valence-electron chi connectivity index (χ0n) is 13.0. The average molecular weight is 292 g/mol. The SMILES string of the molecule is CNC(C)c1cccc(NC(=O)N(CC(N)=O)C(C)C)c1. The third kappa shape index (κ3) is 5.07. The molecule has 0 saturated carbocycles. The van der Waals surface area contributed by atoms with Crippen molar-refractivity contribution in [1.29, 1.82) is 0 Å². The minimum atomic E-state index is -0.531. The first kappa shape index (κ1) is 17.0. The van der Waals surface area contributed by atoms with E-state index < -0.39 is 5.91 Å². The van der Waals surface area contributed by atoms with E-state index in [-0.39, 0.29) is 24.7 Å². The summed E-state index contributed by atoms with van der Waals surface area (Å²) in [7, 11) is 1.88. The third-order valence-electron chi connectivity index (χ3n) is 3.28. The van der Waals surface area contributed by atoms with E-state index in [0.717, 1.165) is 5.56 Å². The molecule has 0 saturated heterocycles. The molecule has 1 unspecified atom stereocenters. The van der Waals surface area contributed by atoms with Crippen molar-refractivity contribution in [3.8, 4) is 0 Å². The van der Waals surface area contributed by atoms with Crippen LogP contribution in [0.1, 0.15) is 32.4 Å². The molecular formula is C15H24N4O2. The second-order valence-corrected chi connectivity index (χ2v) is 5.25. The van der Waals surface area contributed by atoms with Crippen molar-refractivity contribution >= 4 is 17.6 Å². The highest BCUT2D eigenvalue weighted by Gasteiger charge is 2.19. The van der Waals surface area contributed by atoms with Crippen molar-refractivity contribution in [3.63, 3.8) is 0 Å². The van der Waals surface area contributed by atoms with Gasteiger partial charge in [0.2, 0.25) is 5.91 Å². The second-order valence-electron chi connectivity index (χ2n) is 5.25. The van der Waals surface area contributed by atoms with E-state index >= 15 is 0 Å². The number of primary amides is 1. The van der Waals surface area contributed by atoms with Crippen molar-refractivity contribution in [2.24, 2.45) is 5.73 Å². The van der Waals surface area contributed by atoms with Crippen LogP contribution in [0.2, 0.25) is 0 Å². The summed E-state index contributed by atoms with van der Waals surface area (Å²) in [6, 6.07) is 7.32. The number of hydrogen-bond donors (Lipinski definition) is 3. The highest BCUT2D eigenvalue weighted by atomic mass is 16.2. The fraction of sp³-hybridized carbons (Fsp3) is 0.467. The maximum absolute atomic E-state index is 12.2. The first-order valence-electron chi connectivity index (χ1n) is 6.98. The summed E-state index contributed by atoms with van der Waals surface area (Å²) in [5.74, 6) is -0.531. The number of nitrogens with one attached hydrogen (secondary N) is 2. The monoisotopic (exact) mass is 292 g/mol. The van der Waals surface area contributed by atoms with Gasteiger partial charge >= 0.3 is 6.03 Å². The van der Waals surface area contributed by atoms with E-state index in [1.165, 1.54) is 4.90 Å². The molecule has 0 radical (unpaired) electrons. The van der Waals surface area contributed by atoms with Gasteiger partial charge in [0, 0.05) is 17.8 Å². The number of urea groups is 1. The summed E-state index contributed by atoms with van der Waals surface area (Å²) >= 11 is 0. The standard InChI is InChI=1S/C15H24N4O2/c1-10(2)19(9-14(16)20)15(21)18-13-7-5-6-12(8-13)11(3)17-4/h5-8,10-11,17H,9H2,1-4H3,(H2,16,20)(H,18,21). The fourth-order valence-electron chi connectivity index (χ4n) is 1.90. The number of nitrogens with two attached hydrogens (primary N) is 1. The average Bonchev–Trinajstić information content (AvgIpc) is 2.43. The van der Waals surface area contributed by atoms with Crippen molar-refractivity contribution < 1.29 is 9.59 Å². The predicted molar refractivity (Wildman–Crippen MR) is 84.0 cm³/mol. The number of anilines is 1. The quantitative estimate of drug-likeness (QED) is 0.745. The van der Waals surface area contributed by atoms with Crippen molar-refractivity contribution in [1.82, 2.24) is 10.2 Å². The second kappa shape index (κ2) is 7.64. The summed E-state index contributed by atoms with van der Waals surface area (Å²) in [6.45, 7) is 5.61. The van der Waals surface area contributed by atoms with Crippen LogP contribution in [-0.4, -0.2) is 36.5 Å². The van der Waals surface area contributed by atoms with Gasteiger partial charge in [-0.1, -0.05) is 12.1 Å². The first-order valence-corrected chi connectivity index (χ1v) is 6.98. The highest BCUT2D eigenvalue weighted by Crippen LogP contribution is 2.17. The van der Waals surface area contributed by atoms with Crippen LogP contribution in [0.3, 0.4) is 0 Å². The Morgan fingerprint density at radius 2 is 1.95 bits per heavy atom. The Balaban J connectivity index is 2.83. The number of amides is 3. The van der Waals surface area contributed by atoms with Gasteiger partial charge in [-0.15, -0.1) is 0 Å². The molecular weight excluding hydrogens is 268 g/mol. The van der Waals surface area contributed by atoms with E-state index in [0.29, 0.717) is 5.69 Å². The molecule has 0 heterocycles. The molecule has 0 aromatic heterocycles. The number of carbonyl (C=O) groups excluding carboxylic acids is 2. The van der Waals surface area contributed by atoms with E-state index in [1.54, 1.807) is 0 Å².